The number of hydrogen-bond donors (Lipinski definition) is 1. The summed E-state index contributed by atoms with van der Waals surface area (Å²) < 4.78 is 0. The molecule has 0 aliphatic heterocycles. The third-order valence-corrected chi connectivity index (χ3v) is 1.59. The molecule has 0 saturated carbocycles. The number of hydrogen-bond acceptors (Lipinski definition) is 2. The van der Waals surface area contributed by atoms with E-state index in [1.165, 1.54) is 17.8 Å². The van der Waals surface area contributed by atoms with Gasteiger partial charge in [0, 0.05) is 12.3 Å². The van der Waals surface area contributed by atoms with Crippen molar-refractivity contribution in [3.8, 4) is 5.88 Å². The van der Waals surface area contributed by atoms with Gasteiger partial charge in [-0.05, 0) is 13.0 Å². The number of benzene rings is 1. The zero-order chi connectivity index (χ0) is 10.2. The highest BCUT2D eigenvalue weighted by atomic mass is 16.3. The Bertz CT molecular complexity index is 308. The molecule has 0 aliphatic rings. The largest absolute Gasteiger partial charge is 0.493 e. The van der Waals surface area contributed by atoms with Crippen molar-refractivity contribution < 1.29 is 5.11 Å². The third kappa shape index (κ3) is 4.26. The summed E-state index contributed by atoms with van der Waals surface area (Å²) >= 11 is 0. The van der Waals surface area contributed by atoms with Gasteiger partial charge in [0.2, 0.25) is 5.88 Å². The molecule has 14 heavy (non-hydrogen) atoms. The second-order valence-electron chi connectivity index (χ2n) is 2.84. The molecule has 0 unspecified atom stereocenters. The van der Waals surface area contributed by atoms with E-state index in [1.807, 2.05) is 18.2 Å². The highest BCUT2D eigenvalue weighted by molar-refractivity contribution is 5.11. The lowest BCUT2D eigenvalue weighted by Crippen LogP contribution is -1.66. The van der Waals surface area contributed by atoms with Crippen LogP contribution >= 0.6 is 0 Å². The first kappa shape index (κ1) is 10.3. The van der Waals surface area contributed by atoms with Gasteiger partial charge in [-0.2, -0.15) is 0 Å². The lowest BCUT2D eigenvalue weighted by Gasteiger charge is -1.82. The van der Waals surface area contributed by atoms with Crippen molar-refractivity contribution in [3.05, 3.63) is 60.3 Å². The molecule has 1 heterocycles. The molecule has 0 aliphatic carbocycles. The molecule has 72 valence electrons. The van der Waals surface area contributed by atoms with Crippen LogP contribution in [-0.4, -0.2) is 10.1 Å². The summed E-state index contributed by atoms with van der Waals surface area (Å²) in [6.07, 6.45) is 1.54. The maximum Gasteiger partial charge on any atom is 0.210 e. The van der Waals surface area contributed by atoms with Crippen LogP contribution in [0.25, 0.3) is 0 Å². The molecule has 0 bridgehead atoms. The number of aromatic nitrogens is 1. The zero-order valence-corrected chi connectivity index (χ0v) is 8.09. The molecular formula is C12H13NO. The summed E-state index contributed by atoms with van der Waals surface area (Å²) in [5.41, 5.74) is 1.32. The van der Waals surface area contributed by atoms with Gasteiger partial charge in [0.05, 0.1) is 0 Å². The summed E-state index contributed by atoms with van der Waals surface area (Å²) in [6.45, 7) is 2.08. The van der Waals surface area contributed by atoms with Gasteiger partial charge in [0.25, 0.3) is 0 Å². The Morgan fingerprint density at radius 1 is 0.929 bits per heavy atom. The van der Waals surface area contributed by atoms with Crippen LogP contribution in [0, 0.1) is 6.92 Å². The zero-order valence-electron chi connectivity index (χ0n) is 8.09. The smallest absolute Gasteiger partial charge is 0.210 e. The molecular weight excluding hydrogens is 174 g/mol. The van der Waals surface area contributed by atoms with Crippen molar-refractivity contribution in [2.75, 3.05) is 0 Å². The van der Waals surface area contributed by atoms with E-state index in [4.69, 9.17) is 5.11 Å². The first-order valence-electron chi connectivity index (χ1n) is 4.40. The Hall–Kier alpha value is -1.83. The fourth-order valence-electron chi connectivity index (χ4n) is 0.888. The summed E-state index contributed by atoms with van der Waals surface area (Å²) in [7, 11) is 0. The van der Waals surface area contributed by atoms with Crippen molar-refractivity contribution >= 4 is 0 Å². The van der Waals surface area contributed by atoms with Crippen LogP contribution in [0.2, 0.25) is 0 Å². The van der Waals surface area contributed by atoms with Crippen molar-refractivity contribution in [1.29, 1.82) is 0 Å². The minimum Gasteiger partial charge on any atom is -0.493 e. The Morgan fingerprint density at radius 3 is 1.86 bits per heavy atom. The highest BCUT2D eigenvalue weighted by Gasteiger charge is 1.76. The molecule has 0 amide bonds. The number of rotatable bonds is 0. The van der Waals surface area contributed by atoms with E-state index in [0.29, 0.717) is 0 Å². The summed E-state index contributed by atoms with van der Waals surface area (Å²) in [6, 6.07) is 15.3. The van der Waals surface area contributed by atoms with E-state index in [0.717, 1.165) is 0 Å². The summed E-state index contributed by atoms with van der Waals surface area (Å²) in [4.78, 5) is 3.53. The van der Waals surface area contributed by atoms with Crippen molar-refractivity contribution in [2.24, 2.45) is 0 Å². The van der Waals surface area contributed by atoms with E-state index >= 15 is 0 Å². The van der Waals surface area contributed by atoms with Crippen LogP contribution in [0.15, 0.2) is 54.7 Å². The molecule has 2 aromatic rings. The number of aryl methyl sites for hydroxylation is 1. The van der Waals surface area contributed by atoms with Gasteiger partial charge >= 0.3 is 0 Å². The first-order chi connectivity index (χ1) is 6.79. The Morgan fingerprint density at radius 2 is 1.57 bits per heavy atom. The Kier molecular flexibility index (Phi) is 4.21. The van der Waals surface area contributed by atoms with Gasteiger partial charge in [0.1, 0.15) is 0 Å². The molecule has 0 saturated heterocycles. The Balaban J connectivity index is 0.000000140. The average Bonchev–Trinajstić information content (AvgIpc) is 2.21. The molecule has 0 radical (unpaired) electrons. The maximum absolute atomic E-state index is 8.52. The molecule has 2 rings (SSSR count). The molecule has 1 aromatic heterocycles. The lowest BCUT2D eigenvalue weighted by atomic mass is 10.2. The standard InChI is InChI=1S/C7H8.C5H5NO/c1-7-5-3-2-4-6-7;7-5-3-1-2-4-6-5/h2-6H,1H3;1-4H,(H,6,7). The quantitative estimate of drug-likeness (QED) is 0.688. The van der Waals surface area contributed by atoms with Gasteiger partial charge < -0.3 is 5.11 Å². The minimum atomic E-state index is 0.0718. The first-order valence-corrected chi connectivity index (χ1v) is 4.40. The molecule has 1 N–H and O–H groups in total. The van der Waals surface area contributed by atoms with Crippen LogP contribution in [0.3, 0.4) is 0 Å². The molecule has 0 atom stereocenters. The maximum atomic E-state index is 8.52. The predicted octanol–water partition coefficient (Wildman–Crippen LogP) is 2.78. The number of aromatic hydroxyl groups is 1. The fraction of sp³-hybridized carbons (Fsp3) is 0.0833. The van der Waals surface area contributed by atoms with Crippen LogP contribution in [0.4, 0.5) is 0 Å². The van der Waals surface area contributed by atoms with E-state index in [9.17, 15) is 0 Å². The van der Waals surface area contributed by atoms with Gasteiger partial charge in [-0.15, -0.1) is 0 Å². The lowest BCUT2D eigenvalue weighted by molar-refractivity contribution is 0.453. The summed E-state index contributed by atoms with van der Waals surface area (Å²) in [5, 5.41) is 8.52. The van der Waals surface area contributed by atoms with E-state index in [2.05, 4.69) is 24.0 Å². The van der Waals surface area contributed by atoms with Crippen molar-refractivity contribution in [2.45, 2.75) is 6.92 Å². The van der Waals surface area contributed by atoms with Gasteiger partial charge in [-0.1, -0.05) is 42.0 Å². The van der Waals surface area contributed by atoms with E-state index in [1.54, 1.807) is 12.1 Å². The molecule has 1 aromatic carbocycles. The second kappa shape index (κ2) is 5.75. The molecule has 2 nitrogen and oxygen atoms in total. The second-order valence-corrected chi connectivity index (χ2v) is 2.84. The van der Waals surface area contributed by atoms with Gasteiger partial charge in [0.15, 0.2) is 0 Å². The van der Waals surface area contributed by atoms with Crippen LogP contribution in [0.1, 0.15) is 5.56 Å². The Labute approximate surface area is 83.9 Å². The monoisotopic (exact) mass is 187 g/mol. The molecule has 2 heteroatoms. The molecule has 0 fully saturated rings. The topological polar surface area (TPSA) is 33.1 Å². The highest BCUT2D eigenvalue weighted by Crippen LogP contribution is 1.96. The number of nitrogens with zero attached hydrogens (tertiary/aromatic N) is 1. The predicted molar refractivity (Wildman–Crippen MR) is 57.1 cm³/mol. The van der Waals surface area contributed by atoms with Gasteiger partial charge in [-0.25, -0.2) is 4.98 Å². The average molecular weight is 187 g/mol. The van der Waals surface area contributed by atoms with Crippen LogP contribution in [-0.2, 0) is 0 Å². The van der Waals surface area contributed by atoms with Crippen molar-refractivity contribution in [3.63, 3.8) is 0 Å². The molecule has 0 spiro atoms. The fourth-order valence-corrected chi connectivity index (χ4v) is 0.888. The van der Waals surface area contributed by atoms with Crippen LogP contribution in [0.5, 0.6) is 5.88 Å². The summed E-state index contributed by atoms with van der Waals surface area (Å²) in [5.74, 6) is 0.0718. The normalized spacial score (nSPS) is 8.64. The van der Waals surface area contributed by atoms with Gasteiger partial charge in [-0.3, -0.25) is 0 Å². The van der Waals surface area contributed by atoms with Crippen molar-refractivity contribution in [1.82, 2.24) is 4.98 Å². The minimum absolute atomic E-state index is 0.0718. The van der Waals surface area contributed by atoms with E-state index in [-0.39, 0.29) is 5.88 Å². The van der Waals surface area contributed by atoms with E-state index < -0.39 is 0 Å². The van der Waals surface area contributed by atoms with Crippen LogP contribution < -0.4 is 0 Å². The SMILES string of the molecule is Cc1ccccc1.Oc1ccccn1. The third-order valence-electron chi connectivity index (χ3n) is 1.59. The number of pyridine rings is 1.